The molecular weight excluding hydrogens is 993 g/mol. The number of nitrogens with zero attached hydrogens (tertiary/aromatic N) is 2. The highest BCUT2D eigenvalue weighted by atomic mass is 32.1. The summed E-state index contributed by atoms with van der Waals surface area (Å²) in [6, 6.07) is 59.4. The van der Waals surface area contributed by atoms with Crippen LogP contribution in [0.3, 0.4) is 0 Å². The Kier molecular flexibility index (Phi) is 18.0. The van der Waals surface area contributed by atoms with Gasteiger partial charge < -0.3 is 0 Å². The van der Waals surface area contributed by atoms with Crippen LogP contribution in [0, 0.1) is 13.8 Å². The molecule has 11 rings (SSSR count). The predicted molar refractivity (Wildman–Crippen MR) is 346 cm³/mol. The SMILES string of the molecule is CCCCCCCCCCCCC1(CCCCCCCCCCCC)c2cc(C)ccc2-c2ccc(-c3ccc(-c4ccc(-c5ccc(C)s5)c5nc(-c6cccc7ccccc67)c(-c6cccc7ccccc67)nc45)s3)cc21. The number of fused-ring (bicyclic) bond motifs is 6. The molecule has 7 aromatic carbocycles. The summed E-state index contributed by atoms with van der Waals surface area (Å²) in [6.07, 6.45) is 29.8. The molecule has 0 bridgehead atoms. The van der Waals surface area contributed by atoms with Gasteiger partial charge in [-0.1, -0.05) is 275 Å². The molecule has 0 N–H and O–H groups in total. The first-order valence-corrected chi connectivity index (χ1v) is 32.3. The van der Waals surface area contributed by atoms with E-state index in [0.717, 1.165) is 44.7 Å². The van der Waals surface area contributed by atoms with E-state index in [1.54, 1.807) is 11.1 Å². The summed E-state index contributed by atoms with van der Waals surface area (Å²) < 4.78 is 0. The van der Waals surface area contributed by atoms with E-state index in [1.165, 1.54) is 205 Å². The molecule has 10 aromatic rings. The van der Waals surface area contributed by atoms with Crippen LogP contribution in [0.15, 0.2) is 158 Å². The van der Waals surface area contributed by atoms with Gasteiger partial charge in [-0.25, -0.2) is 9.97 Å². The van der Waals surface area contributed by atoms with Crippen LogP contribution >= 0.6 is 22.7 Å². The van der Waals surface area contributed by atoms with Gasteiger partial charge in [0.25, 0.3) is 0 Å². The van der Waals surface area contributed by atoms with Gasteiger partial charge >= 0.3 is 0 Å². The number of aryl methyl sites for hydroxylation is 2. The summed E-state index contributed by atoms with van der Waals surface area (Å²) in [6.45, 7) is 9.15. The standard InChI is InChI=1S/C75H82N2S2/c1-5-7-9-11-13-15-17-19-21-27-49-75(50-28-22-20-18-16-14-12-10-8-6-2)66-51-53(3)39-42-60(66)61-43-41-57(52-67(61)75)68-47-48-70(79-68)65-45-44-64(69-46-40-54(4)78-69)73-74(65)77-72(63-38-30-34-56-32-24-26-36-59(56)63)71(76-73)62-37-29-33-55-31-23-25-35-58(55)62/h23-26,29-48,51-52H,5-22,27-28,49-50H2,1-4H3. The maximum atomic E-state index is 5.91. The lowest BCUT2D eigenvalue weighted by Gasteiger charge is -2.33. The fourth-order valence-corrected chi connectivity index (χ4v) is 15.2. The molecule has 0 unspecified atom stereocenters. The fraction of sp³-hybridized carbons (Fsp3) is 0.360. The number of rotatable bonds is 27. The lowest BCUT2D eigenvalue weighted by atomic mass is 9.70. The van der Waals surface area contributed by atoms with Gasteiger partial charge in [-0.3, -0.25) is 0 Å². The van der Waals surface area contributed by atoms with Crippen molar-refractivity contribution in [2.75, 3.05) is 0 Å². The van der Waals surface area contributed by atoms with Crippen molar-refractivity contribution in [3.63, 3.8) is 0 Å². The Morgan fingerprint density at radius 3 is 1.30 bits per heavy atom. The maximum Gasteiger partial charge on any atom is 0.0988 e. The van der Waals surface area contributed by atoms with Crippen molar-refractivity contribution >= 4 is 55.3 Å². The van der Waals surface area contributed by atoms with E-state index in [9.17, 15) is 0 Å². The lowest BCUT2D eigenvalue weighted by Crippen LogP contribution is -2.25. The van der Waals surface area contributed by atoms with Crippen molar-refractivity contribution in [1.82, 2.24) is 9.97 Å². The van der Waals surface area contributed by atoms with Crippen LogP contribution in [-0.4, -0.2) is 9.97 Å². The Bertz CT molecular complexity index is 3630. The first kappa shape index (κ1) is 54.7. The Morgan fingerprint density at radius 1 is 0.354 bits per heavy atom. The second-order valence-corrected chi connectivity index (χ2v) is 25.5. The van der Waals surface area contributed by atoms with E-state index in [4.69, 9.17) is 9.97 Å². The van der Waals surface area contributed by atoms with Gasteiger partial charge in [0.1, 0.15) is 0 Å². The molecule has 0 amide bonds. The van der Waals surface area contributed by atoms with Crippen molar-refractivity contribution in [3.05, 3.63) is 179 Å². The molecule has 4 heteroatoms. The van der Waals surface area contributed by atoms with E-state index in [0.29, 0.717) is 0 Å². The van der Waals surface area contributed by atoms with Gasteiger partial charge in [-0.2, -0.15) is 0 Å². The van der Waals surface area contributed by atoms with Gasteiger partial charge in [0.15, 0.2) is 0 Å². The maximum absolute atomic E-state index is 5.91. The topological polar surface area (TPSA) is 25.8 Å². The summed E-state index contributed by atoms with van der Waals surface area (Å²) in [5, 5.41) is 4.74. The molecule has 1 aliphatic carbocycles. The minimum Gasteiger partial charge on any atom is -0.243 e. The summed E-state index contributed by atoms with van der Waals surface area (Å²) in [5.41, 5.74) is 17.0. The average molecular weight is 1080 g/mol. The lowest BCUT2D eigenvalue weighted by molar-refractivity contribution is 0.397. The minimum atomic E-state index is 0.0225. The first-order valence-electron chi connectivity index (χ1n) is 30.7. The number of hydrogen-bond donors (Lipinski definition) is 0. The van der Waals surface area contributed by atoms with Crippen molar-refractivity contribution in [2.45, 2.75) is 174 Å². The molecule has 404 valence electrons. The molecule has 0 aliphatic heterocycles. The summed E-state index contributed by atoms with van der Waals surface area (Å²) >= 11 is 3.73. The van der Waals surface area contributed by atoms with E-state index in [-0.39, 0.29) is 5.41 Å². The van der Waals surface area contributed by atoms with Crippen LogP contribution in [0.1, 0.15) is 177 Å². The number of hydrogen-bond acceptors (Lipinski definition) is 4. The third kappa shape index (κ3) is 12.0. The minimum absolute atomic E-state index is 0.0225. The first-order chi connectivity index (χ1) is 38.9. The quantitative estimate of drug-likeness (QED) is 0.0480. The molecule has 3 heterocycles. The molecule has 3 aromatic heterocycles. The van der Waals surface area contributed by atoms with Crippen LogP contribution in [0.2, 0.25) is 0 Å². The monoisotopic (exact) mass is 1070 g/mol. The number of benzene rings is 7. The second-order valence-electron chi connectivity index (χ2n) is 23.2. The van der Waals surface area contributed by atoms with Crippen LogP contribution in [0.25, 0.3) is 97.5 Å². The van der Waals surface area contributed by atoms with Crippen LogP contribution < -0.4 is 0 Å². The second kappa shape index (κ2) is 25.9. The highest BCUT2D eigenvalue weighted by molar-refractivity contribution is 7.19. The summed E-state index contributed by atoms with van der Waals surface area (Å²) in [5.74, 6) is 0. The molecule has 0 radical (unpaired) electrons. The van der Waals surface area contributed by atoms with Gasteiger partial charge in [-0.05, 0) is 106 Å². The van der Waals surface area contributed by atoms with E-state index in [1.807, 2.05) is 22.7 Å². The largest absolute Gasteiger partial charge is 0.243 e. The average Bonchev–Trinajstić information content (AvgIpc) is 4.40. The molecule has 0 spiro atoms. The number of thiophene rings is 2. The normalized spacial score (nSPS) is 12.8. The zero-order valence-electron chi connectivity index (χ0n) is 47.8. The predicted octanol–water partition coefficient (Wildman–Crippen LogP) is 23.9. The highest BCUT2D eigenvalue weighted by Gasteiger charge is 2.42. The van der Waals surface area contributed by atoms with Crippen LogP contribution in [0.5, 0.6) is 0 Å². The van der Waals surface area contributed by atoms with E-state index >= 15 is 0 Å². The molecule has 79 heavy (non-hydrogen) atoms. The van der Waals surface area contributed by atoms with Crippen molar-refractivity contribution < 1.29 is 0 Å². The Balaban J connectivity index is 0.976. The van der Waals surface area contributed by atoms with Gasteiger partial charge in [0.05, 0.1) is 22.4 Å². The number of aromatic nitrogens is 2. The molecule has 1 aliphatic rings. The van der Waals surface area contributed by atoms with Gasteiger partial charge in [0.2, 0.25) is 0 Å². The molecule has 0 saturated carbocycles. The van der Waals surface area contributed by atoms with Crippen LogP contribution in [0.4, 0.5) is 0 Å². The van der Waals surface area contributed by atoms with Gasteiger partial charge in [-0.15, -0.1) is 22.7 Å². The molecule has 0 atom stereocenters. The fourth-order valence-electron chi connectivity index (χ4n) is 13.2. The van der Waals surface area contributed by atoms with Gasteiger partial charge in [0, 0.05) is 47.2 Å². The molecule has 2 nitrogen and oxygen atoms in total. The zero-order chi connectivity index (χ0) is 54.0. The third-order valence-corrected chi connectivity index (χ3v) is 19.7. The molecular formula is C75H82N2S2. The smallest absolute Gasteiger partial charge is 0.0988 e. The molecule has 0 saturated heterocycles. The Morgan fingerprint density at radius 2 is 0.785 bits per heavy atom. The summed E-state index contributed by atoms with van der Waals surface area (Å²) in [4.78, 5) is 16.8. The zero-order valence-corrected chi connectivity index (χ0v) is 49.4. The third-order valence-electron chi connectivity index (χ3n) is 17.5. The number of unbranched alkanes of at least 4 members (excludes halogenated alkanes) is 18. The van der Waals surface area contributed by atoms with Crippen molar-refractivity contribution in [2.24, 2.45) is 0 Å². The van der Waals surface area contributed by atoms with Crippen molar-refractivity contribution in [3.8, 4) is 65.0 Å². The van der Waals surface area contributed by atoms with Crippen molar-refractivity contribution in [1.29, 1.82) is 0 Å². The summed E-state index contributed by atoms with van der Waals surface area (Å²) in [7, 11) is 0. The van der Waals surface area contributed by atoms with E-state index < -0.39 is 0 Å². The van der Waals surface area contributed by atoms with Crippen LogP contribution in [-0.2, 0) is 5.41 Å². The highest BCUT2D eigenvalue weighted by Crippen LogP contribution is 2.56. The Hall–Kier alpha value is -6.20. The Labute approximate surface area is 480 Å². The van der Waals surface area contributed by atoms with E-state index in [2.05, 4.69) is 185 Å². The molecule has 0 fully saturated rings.